The van der Waals surface area contributed by atoms with Crippen LogP contribution in [0.4, 0.5) is 0 Å². The number of esters is 4. The zero-order chi connectivity index (χ0) is 22.8. The van der Waals surface area contributed by atoms with Gasteiger partial charge in [0.1, 0.15) is 12.1 Å². The maximum Gasteiger partial charge on any atom is 0.323 e. The minimum Gasteiger partial charge on any atom is -0.468 e. The fourth-order valence-corrected chi connectivity index (χ4v) is 2.45. The first-order chi connectivity index (χ1) is 14.0. The van der Waals surface area contributed by atoms with Gasteiger partial charge < -0.3 is 24.3 Å². The zero-order valence-corrected chi connectivity index (χ0v) is 18.1. The van der Waals surface area contributed by atoms with Gasteiger partial charge in [-0.1, -0.05) is 19.9 Å². The molecule has 1 unspecified atom stereocenters. The van der Waals surface area contributed by atoms with Crippen LogP contribution in [0.2, 0.25) is 0 Å². The molecular formula is C21H29NO8. The molecule has 1 N–H and O–H groups in total. The summed E-state index contributed by atoms with van der Waals surface area (Å²) in [6, 6.07) is 3.90. The summed E-state index contributed by atoms with van der Waals surface area (Å²) in [4.78, 5) is 46.5. The normalized spacial score (nSPS) is 12.6. The number of nitrogens with one attached hydrogen (secondary N) is 1. The van der Waals surface area contributed by atoms with Gasteiger partial charge in [0.25, 0.3) is 0 Å². The van der Waals surface area contributed by atoms with Gasteiger partial charge in [0.05, 0.1) is 13.0 Å². The highest BCUT2D eigenvalue weighted by Crippen LogP contribution is 2.29. The molecule has 0 heterocycles. The molecule has 9 heteroatoms. The standard InChI is InChI=1S/C21H29NO8/c1-12(2)20(25)28-13(3)11-22-17(21(26)27-6)9-16-7-8-18(29-14(4)23)19(10-16)30-15(5)24/h7-8,10,12-13,17,22H,9,11H2,1-6H3/t13?,17-/m0/s1. The predicted molar refractivity (Wildman–Crippen MR) is 107 cm³/mol. The maximum atomic E-state index is 12.2. The van der Waals surface area contributed by atoms with Crippen molar-refractivity contribution >= 4 is 23.9 Å². The first kappa shape index (κ1) is 25.1. The molecule has 0 bridgehead atoms. The highest BCUT2D eigenvalue weighted by atomic mass is 16.6. The molecule has 0 aliphatic heterocycles. The maximum absolute atomic E-state index is 12.2. The average Bonchev–Trinajstić information content (AvgIpc) is 2.65. The van der Waals surface area contributed by atoms with Crippen molar-refractivity contribution in [1.82, 2.24) is 5.32 Å². The molecular weight excluding hydrogens is 394 g/mol. The highest BCUT2D eigenvalue weighted by molar-refractivity contribution is 5.76. The van der Waals surface area contributed by atoms with Crippen LogP contribution in [0.5, 0.6) is 11.5 Å². The molecule has 0 spiro atoms. The monoisotopic (exact) mass is 423 g/mol. The van der Waals surface area contributed by atoms with Gasteiger partial charge in [-0.3, -0.25) is 19.2 Å². The van der Waals surface area contributed by atoms with Gasteiger partial charge in [-0.05, 0) is 31.0 Å². The second-order valence-corrected chi connectivity index (χ2v) is 7.06. The fraction of sp³-hybridized carbons (Fsp3) is 0.524. The van der Waals surface area contributed by atoms with Gasteiger partial charge >= 0.3 is 23.9 Å². The lowest BCUT2D eigenvalue weighted by atomic mass is 10.0. The first-order valence-corrected chi connectivity index (χ1v) is 9.54. The fourth-order valence-electron chi connectivity index (χ4n) is 2.45. The Labute approximate surface area is 176 Å². The number of rotatable bonds is 10. The van der Waals surface area contributed by atoms with E-state index in [9.17, 15) is 19.2 Å². The summed E-state index contributed by atoms with van der Waals surface area (Å²) in [6.45, 7) is 7.88. The zero-order valence-electron chi connectivity index (χ0n) is 18.1. The number of ether oxygens (including phenoxy) is 4. The van der Waals surface area contributed by atoms with E-state index in [0.717, 1.165) is 0 Å². The van der Waals surface area contributed by atoms with Gasteiger partial charge in [0.2, 0.25) is 0 Å². The summed E-state index contributed by atoms with van der Waals surface area (Å²) in [6.07, 6.45) is -0.249. The number of hydrogen-bond donors (Lipinski definition) is 1. The Morgan fingerprint density at radius 1 is 0.933 bits per heavy atom. The summed E-state index contributed by atoms with van der Waals surface area (Å²) in [7, 11) is 1.27. The SMILES string of the molecule is COC(=O)[C@H](Cc1ccc(OC(C)=O)c(OC(C)=O)c1)NCC(C)OC(=O)C(C)C. The molecule has 0 aliphatic rings. The summed E-state index contributed by atoms with van der Waals surface area (Å²) >= 11 is 0. The van der Waals surface area contributed by atoms with E-state index in [1.165, 1.54) is 33.1 Å². The van der Waals surface area contributed by atoms with E-state index in [1.54, 1.807) is 26.8 Å². The van der Waals surface area contributed by atoms with E-state index in [1.807, 2.05) is 0 Å². The summed E-state index contributed by atoms with van der Waals surface area (Å²) < 4.78 is 20.3. The molecule has 1 aromatic carbocycles. The largest absolute Gasteiger partial charge is 0.468 e. The van der Waals surface area contributed by atoms with Crippen LogP contribution >= 0.6 is 0 Å². The molecule has 0 saturated heterocycles. The van der Waals surface area contributed by atoms with E-state index in [2.05, 4.69) is 5.32 Å². The molecule has 0 amide bonds. The molecule has 1 rings (SSSR count). The lowest BCUT2D eigenvalue weighted by molar-refractivity contribution is -0.152. The first-order valence-electron chi connectivity index (χ1n) is 9.54. The second-order valence-electron chi connectivity index (χ2n) is 7.06. The third-order valence-corrected chi connectivity index (χ3v) is 3.88. The Hall–Kier alpha value is -2.94. The number of hydrogen-bond acceptors (Lipinski definition) is 9. The summed E-state index contributed by atoms with van der Waals surface area (Å²) in [5, 5.41) is 3.03. The van der Waals surface area contributed by atoms with Crippen molar-refractivity contribution in [3.63, 3.8) is 0 Å². The highest BCUT2D eigenvalue weighted by Gasteiger charge is 2.22. The van der Waals surface area contributed by atoms with Crippen LogP contribution in [0.25, 0.3) is 0 Å². The molecule has 0 saturated carbocycles. The molecule has 0 aliphatic carbocycles. The van der Waals surface area contributed by atoms with Crippen molar-refractivity contribution < 1.29 is 38.1 Å². The third-order valence-electron chi connectivity index (χ3n) is 3.88. The van der Waals surface area contributed by atoms with Gasteiger partial charge in [0.15, 0.2) is 11.5 Å². The molecule has 166 valence electrons. The van der Waals surface area contributed by atoms with Crippen molar-refractivity contribution in [3.05, 3.63) is 23.8 Å². The van der Waals surface area contributed by atoms with Crippen LogP contribution in [-0.2, 0) is 35.1 Å². The van der Waals surface area contributed by atoms with Crippen LogP contribution in [0.3, 0.4) is 0 Å². The third kappa shape index (κ3) is 8.60. The molecule has 2 atom stereocenters. The second kappa shape index (κ2) is 11.9. The number of benzene rings is 1. The minimum absolute atomic E-state index is 0.0676. The molecule has 0 fully saturated rings. The topological polar surface area (TPSA) is 117 Å². The Morgan fingerprint density at radius 3 is 2.07 bits per heavy atom. The van der Waals surface area contributed by atoms with E-state index in [0.29, 0.717) is 5.56 Å². The van der Waals surface area contributed by atoms with E-state index in [-0.39, 0.29) is 36.4 Å². The molecule has 30 heavy (non-hydrogen) atoms. The van der Waals surface area contributed by atoms with Crippen LogP contribution in [-0.4, -0.2) is 49.7 Å². The molecule has 0 aromatic heterocycles. The Kier molecular flexibility index (Phi) is 9.97. The Bertz CT molecular complexity index is 774. The van der Waals surface area contributed by atoms with E-state index >= 15 is 0 Å². The van der Waals surface area contributed by atoms with Gasteiger partial charge in [-0.25, -0.2) is 0 Å². The van der Waals surface area contributed by atoms with E-state index in [4.69, 9.17) is 18.9 Å². The predicted octanol–water partition coefficient (Wildman–Crippen LogP) is 1.80. The van der Waals surface area contributed by atoms with Crippen LogP contribution < -0.4 is 14.8 Å². The van der Waals surface area contributed by atoms with Gasteiger partial charge in [-0.2, -0.15) is 0 Å². The quantitative estimate of drug-likeness (QED) is 0.444. The van der Waals surface area contributed by atoms with Crippen molar-refractivity contribution in [3.8, 4) is 11.5 Å². The molecule has 0 radical (unpaired) electrons. The lowest BCUT2D eigenvalue weighted by Crippen LogP contribution is -2.43. The van der Waals surface area contributed by atoms with E-state index < -0.39 is 30.1 Å². The molecule has 1 aromatic rings. The van der Waals surface area contributed by atoms with Crippen molar-refractivity contribution in [1.29, 1.82) is 0 Å². The average molecular weight is 423 g/mol. The van der Waals surface area contributed by atoms with Crippen molar-refractivity contribution in [2.75, 3.05) is 13.7 Å². The minimum atomic E-state index is -0.736. The smallest absolute Gasteiger partial charge is 0.323 e. The van der Waals surface area contributed by atoms with Crippen LogP contribution in [0, 0.1) is 5.92 Å². The number of carbonyl (C=O) groups is 4. The Balaban J connectivity index is 2.93. The van der Waals surface area contributed by atoms with Crippen molar-refractivity contribution in [2.24, 2.45) is 5.92 Å². The lowest BCUT2D eigenvalue weighted by Gasteiger charge is -2.21. The summed E-state index contributed by atoms with van der Waals surface area (Å²) in [5.41, 5.74) is 0.636. The summed E-state index contributed by atoms with van der Waals surface area (Å²) in [5.74, 6) is -2.06. The number of carbonyl (C=O) groups excluding carboxylic acids is 4. The Morgan fingerprint density at radius 2 is 1.53 bits per heavy atom. The van der Waals surface area contributed by atoms with Crippen molar-refractivity contribution in [2.45, 2.75) is 53.2 Å². The van der Waals surface area contributed by atoms with Crippen LogP contribution in [0.15, 0.2) is 18.2 Å². The van der Waals surface area contributed by atoms with Crippen LogP contribution in [0.1, 0.15) is 40.2 Å². The van der Waals surface area contributed by atoms with Gasteiger partial charge in [0, 0.05) is 20.4 Å². The van der Waals surface area contributed by atoms with Gasteiger partial charge in [-0.15, -0.1) is 0 Å². The number of methoxy groups -OCH3 is 1. The molecule has 9 nitrogen and oxygen atoms in total.